The first-order valence-electron chi connectivity index (χ1n) is 8.72. The van der Waals surface area contributed by atoms with Crippen LogP contribution in [0.4, 0.5) is 5.69 Å². The van der Waals surface area contributed by atoms with Crippen LogP contribution in [0.1, 0.15) is 33.6 Å². The second-order valence-electron chi connectivity index (χ2n) is 5.87. The van der Waals surface area contributed by atoms with Gasteiger partial charge in [0.15, 0.2) is 12.6 Å². The summed E-state index contributed by atoms with van der Waals surface area (Å²) >= 11 is 0. The molecule has 1 aromatic carbocycles. The van der Waals surface area contributed by atoms with Gasteiger partial charge in [-0.2, -0.15) is 0 Å². The predicted molar refractivity (Wildman–Crippen MR) is 97.8 cm³/mol. The number of fused-ring (bicyclic) bond motifs is 1. The van der Waals surface area contributed by atoms with Gasteiger partial charge in [-0.15, -0.1) is 0 Å². The van der Waals surface area contributed by atoms with E-state index < -0.39 is 0 Å². The van der Waals surface area contributed by atoms with E-state index in [0.29, 0.717) is 19.1 Å². The van der Waals surface area contributed by atoms with Crippen LogP contribution in [0.15, 0.2) is 29.3 Å². The molecule has 0 aromatic heterocycles. The lowest BCUT2D eigenvalue weighted by Gasteiger charge is -2.29. The molecular weight excluding hydrogens is 304 g/mol. The summed E-state index contributed by atoms with van der Waals surface area (Å²) in [6.07, 6.45) is 1.85. The molecule has 0 fully saturated rings. The first kappa shape index (κ1) is 18.1. The second-order valence-corrected chi connectivity index (χ2v) is 5.87. The Morgan fingerprint density at radius 1 is 1.38 bits per heavy atom. The fraction of sp³-hybridized carbons (Fsp3) is 0.556. The van der Waals surface area contributed by atoms with E-state index in [1.807, 2.05) is 24.3 Å². The zero-order chi connectivity index (χ0) is 17.4. The van der Waals surface area contributed by atoms with Crippen LogP contribution in [-0.4, -0.2) is 44.1 Å². The highest BCUT2D eigenvalue weighted by Crippen LogP contribution is 2.31. The normalized spacial score (nSPS) is 15.5. The first-order chi connectivity index (χ1) is 11.7. The van der Waals surface area contributed by atoms with Crippen LogP contribution in [-0.2, 0) is 4.79 Å². The highest BCUT2D eigenvalue weighted by atomic mass is 16.5. The molecule has 132 valence electrons. The number of carbonyl (C=O) groups excluding carboxylic acids is 1. The van der Waals surface area contributed by atoms with Gasteiger partial charge in [-0.25, -0.2) is 0 Å². The molecule has 1 aliphatic heterocycles. The third kappa shape index (κ3) is 4.88. The van der Waals surface area contributed by atoms with Crippen molar-refractivity contribution in [2.75, 3.05) is 31.1 Å². The average molecular weight is 332 g/mol. The molecule has 0 bridgehead atoms. The largest absolute Gasteiger partial charge is 0.482 e. The number of ether oxygens (including phenoxy) is 1. The van der Waals surface area contributed by atoms with E-state index in [-0.39, 0.29) is 12.5 Å². The third-order valence-electron chi connectivity index (χ3n) is 3.96. The van der Waals surface area contributed by atoms with Crippen molar-refractivity contribution in [1.82, 2.24) is 10.6 Å². The quantitative estimate of drug-likeness (QED) is 0.456. The van der Waals surface area contributed by atoms with Crippen molar-refractivity contribution in [2.24, 2.45) is 4.99 Å². The monoisotopic (exact) mass is 332 g/mol. The van der Waals surface area contributed by atoms with Gasteiger partial charge in [0.25, 0.3) is 5.91 Å². The number of hydrogen-bond donors (Lipinski definition) is 2. The van der Waals surface area contributed by atoms with E-state index in [1.54, 1.807) is 4.90 Å². The Morgan fingerprint density at radius 3 is 2.92 bits per heavy atom. The number of nitrogens with zero attached hydrogens (tertiary/aromatic N) is 2. The van der Waals surface area contributed by atoms with Crippen LogP contribution in [0.3, 0.4) is 0 Å². The molecule has 1 atom stereocenters. The van der Waals surface area contributed by atoms with Gasteiger partial charge in [0.2, 0.25) is 0 Å². The summed E-state index contributed by atoms with van der Waals surface area (Å²) in [5, 5.41) is 6.62. The lowest BCUT2D eigenvalue weighted by Crippen LogP contribution is -2.42. The van der Waals surface area contributed by atoms with Gasteiger partial charge >= 0.3 is 0 Å². The van der Waals surface area contributed by atoms with Crippen molar-refractivity contribution in [3.63, 3.8) is 0 Å². The van der Waals surface area contributed by atoms with E-state index in [1.165, 1.54) is 0 Å². The van der Waals surface area contributed by atoms with Crippen molar-refractivity contribution in [2.45, 2.75) is 39.7 Å². The minimum atomic E-state index is 0.00214. The molecule has 6 heteroatoms. The van der Waals surface area contributed by atoms with E-state index in [4.69, 9.17) is 4.74 Å². The van der Waals surface area contributed by atoms with Crippen LogP contribution in [0.25, 0.3) is 0 Å². The lowest BCUT2D eigenvalue weighted by atomic mass is 10.2. The zero-order valence-corrected chi connectivity index (χ0v) is 14.8. The van der Waals surface area contributed by atoms with Gasteiger partial charge in [-0.3, -0.25) is 9.79 Å². The maximum absolute atomic E-state index is 12.1. The predicted octanol–water partition coefficient (Wildman–Crippen LogP) is 2.16. The molecule has 0 radical (unpaired) electrons. The standard InChI is InChI=1S/C18H28N4O2/c1-4-14(3)21-18(19-5-2)20-11-8-12-22-15-9-6-7-10-16(15)24-13-17(22)23/h6-7,9-10,14H,4-5,8,11-13H2,1-3H3,(H2,19,20,21). The molecule has 1 amide bonds. The zero-order valence-electron chi connectivity index (χ0n) is 14.8. The number of nitrogens with one attached hydrogen (secondary N) is 2. The second kappa shape index (κ2) is 9.15. The van der Waals surface area contributed by atoms with Gasteiger partial charge in [0.1, 0.15) is 5.75 Å². The van der Waals surface area contributed by atoms with Crippen LogP contribution < -0.4 is 20.3 Å². The minimum Gasteiger partial charge on any atom is -0.482 e. The molecule has 0 aliphatic carbocycles. The smallest absolute Gasteiger partial charge is 0.265 e. The van der Waals surface area contributed by atoms with Crippen molar-refractivity contribution in [1.29, 1.82) is 0 Å². The molecule has 6 nitrogen and oxygen atoms in total. The lowest BCUT2D eigenvalue weighted by molar-refractivity contribution is -0.121. The maximum Gasteiger partial charge on any atom is 0.265 e. The third-order valence-corrected chi connectivity index (χ3v) is 3.96. The van der Waals surface area contributed by atoms with E-state index in [9.17, 15) is 4.79 Å². The Hall–Kier alpha value is -2.24. The number of rotatable bonds is 7. The van der Waals surface area contributed by atoms with Crippen molar-refractivity contribution >= 4 is 17.6 Å². The summed E-state index contributed by atoms with van der Waals surface area (Å²) in [7, 11) is 0. The summed E-state index contributed by atoms with van der Waals surface area (Å²) in [6, 6.07) is 8.04. The van der Waals surface area contributed by atoms with E-state index >= 15 is 0 Å². The molecule has 1 aliphatic rings. The van der Waals surface area contributed by atoms with E-state index in [0.717, 1.165) is 36.8 Å². The number of hydrogen-bond acceptors (Lipinski definition) is 3. The highest BCUT2D eigenvalue weighted by Gasteiger charge is 2.24. The van der Waals surface area contributed by atoms with Crippen LogP contribution >= 0.6 is 0 Å². The first-order valence-corrected chi connectivity index (χ1v) is 8.72. The van der Waals surface area contributed by atoms with Gasteiger partial charge < -0.3 is 20.3 Å². The Labute approximate surface area is 144 Å². The molecule has 2 rings (SSSR count). The number of anilines is 1. The number of aliphatic imine (C=N–C) groups is 1. The van der Waals surface area contributed by atoms with Crippen LogP contribution in [0.2, 0.25) is 0 Å². The molecule has 0 saturated heterocycles. The molecule has 0 saturated carbocycles. The summed E-state index contributed by atoms with van der Waals surface area (Å²) in [5.74, 6) is 1.61. The molecule has 1 aromatic rings. The molecule has 24 heavy (non-hydrogen) atoms. The summed E-state index contributed by atoms with van der Waals surface area (Å²) < 4.78 is 5.46. The van der Waals surface area contributed by atoms with Gasteiger partial charge in [0, 0.05) is 25.7 Å². The Bertz CT molecular complexity index is 574. The summed E-state index contributed by atoms with van der Waals surface area (Å²) in [6.45, 7) is 8.58. The number of amides is 1. The highest BCUT2D eigenvalue weighted by molar-refractivity contribution is 5.97. The molecular formula is C18H28N4O2. The van der Waals surface area contributed by atoms with Gasteiger partial charge in [0.05, 0.1) is 5.69 Å². The number of guanidine groups is 1. The fourth-order valence-electron chi connectivity index (χ4n) is 2.47. The van der Waals surface area contributed by atoms with Crippen LogP contribution in [0.5, 0.6) is 5.75 Å². The maximum atomic E-state index is 12.1. The number of benzene rings is 1. The SMILES string of the molecule is CCNC(=NCCCN1C(=O)COc2ccccc21)NC(C)CC. The van der Waals surface area contributed by atoms with E-state index in [2.05, 4.69) is 36.4 Å². The molecule has 2 N–H and O–H groups in total. The molecule has 1 unspecified atom stereocenters. The number of para-hydroxylation sites is 2. The topological polar surface area (TPSA) is 66.0 Å². The van der Waals surface area contributed by atoms with Crippen molar-refractivity contribution in [3.05, 3.63) is 24.3 Å². The van der Waals surface area contributed by atoms with Gasteiger partial charge in [-0.1, -0.05) is 19.1 Å². The Balaban J connectivity index is 1.90. The van der Waals surface area contributed by atoms with Crippen molar-refractivity contribution < 1.29 is 9.53 Å². The Kier molecular flexibility index (Phi) is 6.90. The Morgan fingerprint density at radius 2 is 2.17 bits per heavy atom. The molecule has 0 spiro atoms. The fourth-order valence-corrected chi connectivity index (χ4v) is 2.47. The summed E-state index contributed by atoms with van der Waals surface area (Å²) in [4.78, 5) is 18.5. The molecule has 1 heterocycles. The minimum absolute atomic E-state index is 0.00214. The summed E-state index contributed by atoms with van der Waals surface area (Å²) in [5.41, 5.74) is 0.849. The van der Waals surface area contributed by atoms with Crippen molar-refractivity contribution in [3.8, 4) is 5.75 Å². The number of carbonyl (C=O) groups is 1. The average Bonchev–Trinajstić information content (AvgIpc) is 2.60. The van der Waals surface area contributed by atoms with Gasteiger partial charge in [-0.05, 0) is 38.8 Å². The van der Waals surface area contributed by atoms with Crippen LogP contribution in [0, 0.1) is 0 Å².